The van der Waals surface area contributed by atoms with Crippen LogP contribution in [0.15, 0.2) is 24.3 Å². The topological polar surface area (TPSA) is 49.0 Å². The van der Waals surface area contributed by atoms with Gasteiger partial charge in [0.05, 0.1) is 14.2 Å². The molecule has 2 atom stereocenters. The van der Waals surface area contributed by atoms with E-state index in [-0.39, 0.29) is 6.04 Å². The molecule has 0 saturated carbocycles. The van der Waals surface area contributed by atoms with Crippen molar-refractivity contribution in [3.8, 4) is 23.0 Å². The summed E-state index contributed by atoms with van der Waals surface area (Å²) in [5.41, 5.74) is 5.28. The van der Waals surface area contributed by atoms with Gasteiger partial charge in [0.2, 0.25) is 6.79 Å². The zero-order chi connectivity index (χ0) is 18.3. The summed E-state index contributed by atoms with van der Waals surface area (Å²) in [4.78, 5) is 0. The second-order valence-electron chi connectivity index (χ2n) is 6.49. The van der Waals surface area contributed by atoms with Crippen LogP contribution in [0, 0.1) is 0 Å². The van der Waals surface area contributed by atoms with Gasteiger partial charge >= 0.3 is 0 Å². The lowest BCUT2D eigenvalue weighted by molar-refractivity contribution is 0.174. The van der Waals surface area contributed by atoms with Crippen LogP contribution in [0.3, 0.4) is 0 Å². The number of benzene rings is 2. The van der Waals surface area contributed by atoms with Gasteiger partial charge in [-0.15, -0.1) is 0 Å². The quantitative estimate of drug-likeness (QED) is 0.884. The summed E-state index contributed by atoms with van der Waals surface area (Å²) >= 11 is 0. The molecule has 0 amide bonds. The van der Waals surface area contributed by atoms with Gasteiger partial charge in [-0.1, -0.05) is 13.8 Å². The molecule has 5 rings (SSSR count). The van der Waals surface area contributed by atoms with Crippen LogP contribution in [0.1, 0.15) is 48.2 Å². The predicted octanol–water partition coefficient (Wildman–Crippen LogP) is 3.94. The highest BCUT2D eigenvalue weighted by Crippen LogP contribution is 2.46. The van der Waals surface area contributed by atoms with Crippen molar-refractivity contribution in [3.05, 3.63) is 46.5 Å². The summed E-state index contributed by atoms with van der Waals surface area (Å²) in [6.45, 7) is 4.31. The molecule has 3 aliphatic heterocycles. The molecule has 3 heterocycles. The Kier molecular flexibility index (Phi) is 4.41. The van der Waals surface area contributed by atoms with E-state index in [2.05, 4.69) is 29.6 Å². The van der Waals surface area contributed by atoms with Crippen molar-refractivity contribution < 1.29 is 18.9 Å². The minimum absolute atomic E-state index is 0.284. The lowest BCUT2D eigenvalue weighted by atomic mass is 9.78. The van der Waals surface area contributed by atoms with Gasteiger partial charge in [0.15, 0.2) is 23.0 Å². The number of hydrogen-bond donors (Lipinski definition) is 1. The number of rotatable bonds is 2. The average Bonchev–Trinajstić information content (AvgIpc) is 3.14. The van der Waals surface area contributed by atoms with Gasteiger partial charge in [-0.05, 0) is 59.4 Å². The first-order valence-corrected chi connectivity index (χ1v) is 9.20. The number of methoxy groups -OCH3 is 2. The smallest absolute Gasteiger partial charge is 0.231 e. The SMILES string of the molecule is CC.COc1cc2c(cc1OC)[C@@H]1Cc3cc4c(cc3[C@H](C2)N1)OCO4. The Morgan fingerprint density at radius 3 is 2.00 bits per heavy atom. The number of hydrogen-bond acceptors (Lipinski definition) is 5. The minimum Gasteiger partial charge on any atom is -0.493 e. The van der Waals surface area contributed by atoms with Crippen LogP contribution < -0.4 is 24.3 Å². The summed E-state index contributed by atoms with van der Waals surface area (Å²) < 4.78 is 22.0. The Balaban J connectivity index is 0.000000814. The highest BCUT2D eigenvalue weighted by Gasteiger charge is 2.35. The van der Waals surface area contributed by atoms with Crippen molar-refractivity contribution in [3.63, 3.8) is 0 Å². The van der Waals surface area contributed by atoms with Gasteiger partial charge in [0.25, 0.3) is 0 Å². The van der Waals surface area contributed by atoms with Gasteiger partial charge < -0.3 is 24.3 Å². The average molecular weight is 355 g/mol. The first-order chi connectivity index (χ1) is 12.8. The highest BCUT2D eigenvalue weighted by molar-refractivity contribution is 5.55. The second kappa shape index (κ2) is 6.72. The summed E-state index contributed by atoms with van der Waals surface area (Å²) in [6, 6.07) is 9.08. The van der Waals surface area contributed by atoms with Gasteiger partial charge in [0.1, 0.15) is 0 Å². The van der Waals surface area contributed by atoms with E-state index in [1.807, 2.05) is 13.8 Å². The third kappa shape index (κ3) is 2.58. The van der Waals surface area contributed by atoms with E-state index in [0.29, 0.717) is 12.8 Å². The van der Waals surface area contributed by atoms with E-state index >= 15 is 0 Å². The molecular weight excluding hydrogens is 330 g/mol. The van der Waals surface area contributed by atoms with E-state index in [9.17, 15) is 0 Å². The molecule has 0 radical (unpaired) electrons. The van der Waals surface area contributed by atoms with Gasteiger partial charge in [-0.2, -0.15) is 0 Å². The van der Waals surface area contributed by atoms with Crippen molar-refractivity contribution in [1.82, 2.24) is 5.32 Å². The van der Waals surface area contributed by atoms with Crippen molar-refractivity contribution in [1.29, 1.82) is 0 Å². The third-order valence-corrected chi connectivity index (χ3v) is 5.28. The zero-order valence-electron chi connectivity index (χ0n) is 15.7. The Bertz CT molecular complexity index is 833. The summed E-state index contributed by atoms with van der Waals surface area (Å²) in [6.07, 6.45) is 1.86. The molecule has 1 N–H and O–H groups in total. The van der Waals surface area contributed by atoms with Crippen molar-refractivity contribution in [2.24, 2.45) is 0 Å². The standard InChI is InChI=1S/C19H19NO4.C2H6/c1-21-16-5-10-3-15-13-8-19-18(23-9-24-19)6-11(13)4-14(20-15)12(10)7-17(16)22-2;1-2/h5-8,14-15,20H,3-4,9H2,1-2H3;1-2H3/t14-,15-;/m0./s1. The first-order valence-electron chi connectivity index (χ1n) is 9.20. The maximum Gasteiger partial charge on any atom is 0.231 e. The van der Waals surface area contributed by atoms with Crippen LogP contribution in [-0.2, 0) is 12.8 Å². The molecule has 0 fully saturated rings. The largest absolute Gasteiger partial charge is 0.493 e. The number of ether oxygens (including phenoxy) is 4. The predicted molar refractivity (Wildman–Crippen MR) is 99.5 cm³/mol. The summed E-state index contributed by atoms with van der Waals surface area (Å²) in [5.74, 6) is 3.29. The molecule has 0 aromatic heterocycles. The highest BCUT2D eigenvalue weighted by atomic mass is 16.7. The molecule has 5 nitrogen and oxygen atoms in total. The molecule has 0 spiro atoms. The Hall–Kier alpha value is -2.40. The molecule has 0 saturated heterocycles. The van der Waals surface area contributed by atoms with Crippen LogP contribution >= 0.6 is 0 Å². The Morgan fingerprint density at radius 1 is 0.808 bits per heavy atom. The molecule has 0 unspecified atom stereocenters. The van der Waals surface area contributed by atoms with E-state index in [1.165, 1.54) is 22.3 Å². The maximum absolute atomic E-state index is 5.55. The number of nitrogens with one attached hydrogen (secondary N) is 1. The van der Waals surface area contributed by atoms with Crippen LogP contribution in [0.4, 0.5) is 0 Å². The molecular formula is C21H25NO4. The second-order valence-corrected chi connectivity index (χ2v) is 6.49. The molecule has 2 aromatic rings. The number of fused-ring (bicyclic) bond motifs is 7. The van der Waals surface area contributed by atoms with Crippen LogP contribution in [0.5, 0.6) is 23.0 Å². The fourth-order valence-corrected chi connectivity index (χ4v) is 4.14. The van der Waals surface area contributed by atoms with Crippen molar-refractivity contribution in [2.45, 2.75) is 38.8 Å². The molecule has 2 bridgehead atoms. The van der Waals surface area contributed by atoms with E-state index < -0.39 is 0 Å². The van der Waals surface area contributed by atoms with E-state index in [1.54, 1.807) is 14.2 Å². The van der Waals surface area contributed by atoms with E-state index in [0.717, 1.165) is 35.8 Å². The minimum atomic E-state index is 0.284. The third-order valence-electron chi connectivity index (χ3n) is 5.28. The lowest BCUT2D eigenvalue weighted by Crippen LogP contribution is -2.39. The zero-order valence-corrected chi connectivity index (χ0v) is 15.7. The van der Waals surface area contributed by atoms with Gasteiger partial charge in [0, 0.05) is 12.1 Å². The fourth-order valence-electron chi connectivity index (χ4n) is 4.14. The monoisotopic (exact) mass is 355 g/mol. The normalized spacial score (nSPS) is 21.1. The molecule has 26 heavy (non-hydrogen) atoms. The Labute approximate surface area is 154 Å². The Morgan fingerprint density at radius 2 is 1.35 bits per heavy atom. The molecule has 5 heteroatoms. The maximum atomic E-state index is 5.55. The fraction of sp³-hybridized carbons (Fsp3) is 0.429. The van der Waals surface area contributed by atoms with Crippen molar-refractivity contribution >= 4 is 0 Å². The molecule has 0 aliphatic carbocycles. The van der Waals surface area contributed by atoms with Crippen LogP contribution in [0.25, 0.3) is 0 Å². The molecule has 3 aliphatic rings. The first kappa shape index (κ1) is 17.0. The molecule has 2 aromatic carbocycles. The lowest BCUT2D eigenvalue weighted by Gasteiger charge is -2.39. The summed E-state index contributed by atoms with van der Waals surface area (Å²) in [5, 5.41) is 3.75. The molecule has 138 valence electrons. The van der Waals surface area contributed by atoms with Crippen LogP contribution in [-0.4, -0.2) is 21.0 Å². The van der Waals surface area contributed by atoms with E-state index in [4.69, 9.17) is 18.9 Å². The van der Waals surface area contributed by atoms with Crippen LogP contribution in [0.2, 0.25) is 0 Å². The summed E-state index contributed by atoms with van der Waals surface area (Å²) in [7, 11) is 3.36. The van der Waals surface area contributed by atoms with Gasteiger partial charge in [-0.3, -0.25) is 0 Å². The van der Waals surface area contributed by atoms with Crippen molar-refractivity contribution in [2.75, 3.05) is 21.0 Å². The van der Waals surface area contributed by atoms with Gasteiger partial charge in [-0.25, -0.2) is 0 Å².